The molecule has 43 heavy (non-hydrogen) atoms. The zero-order valence-corrected chi connectivity index (χ0v) is 22.4. The fourth-order valence-electron chi connectivity index (χ4n) is 5.22. The molecule has 0 saturated carbocycles. The second kappa shape index (κ2) is 12.5. The number of fused-ring (bicyclic) bond motifs is 1. The van der Waals surface area contributed by atoms with Crippen molar-refractivity contribution in [2.24, 2.45) is 0 Å². The van der Waals surface area contributed by atoms with Crippen molar-refractivity contribution < 1.29 is 79.9 Å². The van der Waals surface area contributed by atoms with Gasteiger partial charge >= 0.3 is 0 Å². The number of phenols is 2. The molecule has 0 amide bonds. The number of ether oxygens (including phenoxy) is 5. The van der Waals surface area contributed by atoms with Crippen LogP contribution < -0.4 is 14.2 Å². The van der Waals surface area contributed by atoms with E-state index in [0.29, 0.717) is 0 Å². The molecular formula is C27H34O16. The summed E-state index contributed by atoms with van der Waals surface area (Å²) in [6, 6.07) is 6.38. The van der Waals surface area contributed by atoms with Crippen molar-refractivity contribution >= 4 is 0 Å². The number of hydrogen-bond donors (Lipinski definition) is 11. The second-order valence-electron chi connectivity index (χ2n) is 10.6. The molecule has 3 aliphatic heterocycles. The number of aliphatic hydroxyl groups is 9. The lowest BCUT2D eigenvalue weighted by Crippen LogP contribution is -2.60. The average molecular weight is 615 g/mol. The molecule has 0 aromatic heterocycles. The lowest BCUT2D eigenvalue weighted by atomic mass is 9.94. The third-order valence-electron chi connectivity index (χ3n) is 7.67. The normalized spacial score (nSPS) is 37.7. The van der Waals surface area contributed by atoms with Gasteiger partial charge in [0.15, 0.2) is 11.5 Å². The van der Waals surface area contributed by atoms with Crippen LogP contribution in [0.4, 0.5) is 0 Å². The van der Waals surface area contributed by atoms with Crippen LogP contribution in [0.2, 0.25) is 0 Å². The van der Waals surface area contributed by atoms with Crippen LogP contribution >= 0.6 is 0 Å². The van der Waals surface area contributed by atoms with Crippen molar-refractivity contribution in [3.05, 3.63) is 41.5 Å². The summed E-state index contributed by atoms with van der Waals surface area (Å²) >= 11 is 0. The Morgan fingerprint density at radius 3 is 1.79 bits per heavy atom. The summed E-state index contributed by atoms with van der Waals surface area (Å²) in [6.45, 7) is -1.46. The van der Waals surface area contributed by atoms with E-state index in [1.54, 1.807) is 0 Å². The molecule has 0 unspecified atom stereocenters. The first kappa shape index (κ1) is 31.4. The maximum Gasteiger partial charge on any atom is 0.229 e. The van der Waals surface area contributed by atoms with Crippen LogP contribution in [0.3, 0.4) is 0 Å². The maximum absolute atomic E-state index is 10.9. The number of hydrogen-bond acceptors (Lipinski definition) is 16. The van der Waals surface area contributed by atoms with E-state index in [2.05, 4.69) is 0 Å². The van der Waals surface area contributed by atoms with E-state index in [0.717, 1.165) is 6.07 Å². The first-order chi connectivity index (χ1) is 20.4. The highest BCUT2D eigenvalue weighted by Gasteiger charge is 2.47. The second-order valence-corrected chi connectivity index (χ2v) is 10.6. The van der Waals surface area contributed by atoms with Crippen LogP contribution in [0, 0.1) is 0 Å². The summed E-state index contributed by atoms with van der Waals surface area (Å²) in [5, 5.41) is 112. The fourth-order valence-corrected chi connectivity index (χ4v) is 5.22. The molecule has 0 bridgehead atoms. The first-order valence-electron chi connectivity index (χ1n) is 13.4. The molecule has 12 atom stereocenters. The molecule has 3 aliphatic rings. The number of benzene rings is 2. The van der Waals surface area contributed by atoms with Gasteiger partial charge in [0.1, 0.15) is 72.2 Å². The zero-order chi connectivity index (χ0) is 31.2. The van der Waals surface area contributed by atoms with Crippen LogP contribution in [0.25, 0.3) is 0 Å². The van der Waals surface area contributed by atoms with Gasteiger partial charge in [0.2, 0.25) is 12.6 Å². The Balaban J connectivity index is 1.49. The Morgan fingerprint density at radius 2 is 1.23 bits per heavy atom. The van der Waals surface area contributed by atoms with E-state index in [1.165, 1.54) is 24.3 Å². The van der Waals surface area contributed by atoms with Crippen molar-refractivity contribution in [3.63, 3.8) is 0 Å². The molecule has 0 spiro atoms. The molecule has 2 fully saturated rings. The summed E-state index contributed by atoms with van der Waals surface area (Å²) in [7, 11) is 0. The van der Waals surface area contributed by atoms with Gasteiger partial charge in [-0.2, -0.15) is 0 Å². The van der Waals surface area contributed by atoms with Gasteiger partial charge in [-0.15, -0.1) is 0 Å². The highest BCUT2D eigenvalue weighted by atomic mass is 16.7. The third-order valence-corrected chi connectivity index (χ3v) is 7.67. The van der Waals surface area contributed by atoms with Crippen molar-refractivity contribution in [1.82, 2.24) is 0 Å². The summed E-state index contributed by atoms with van der Waals surface area (Å²) in [4.78, 5) is 0. The summed E-state index contributed by atoms with van der Waals surface area (Å²) in [5.74, 6) is -0.903. The van der Waals surface area contributed by atoms with Crippen LogP contribution in [0.1, 0.15) is 17.2 Å². The molecule has 16 heteroatoms. The largest absolute Gasteiger partial charge is 0.508 e. The van der Waals surface area contributed by atoms with Crippen molar-refractivity contribution in [2.45, 2.75) is 80.0 Å². The summed E-state index contributed by atoms with van der Waals surface area (Å²) < 4.78 is 28.3. The molecule has 0 aliphatic carbocycles. The van der Waals surface area contributed by atoms with E-state index < -0.39 is 86.8 Å². The SMILES string of the molecule is OC[C@H]1O[C@@H](Oc2ccc([C@H]3Oc4cc(O)cc(O)c4C[C@@H]3O)cc2O[C@@H]2O[C@H](CO)[C@@H](O)[C@H](O)[C@H]2O)[C@H](O)[C@@H](O)[C@@H]1O. The van der Waals surface area contributed by atoms with E-state index in [9.17, 15) is 56.2 Å². The van der Waals surface area contributed by atoms with Gasteiger partial charge in [0.05, 0.1) is 19.3 Å². The van der Waals surface area contributed by atoms with Crippen LogP contribution in [0.5, 0.6) is 28.7 Å². The molecule has 0 radical (unpaired) electrons. The lowest BCUT2D eigenvalue weighted by molar-refractivity contribution is -0.282. The highest BCUT2D eigenvalue weighted by Crippen LogP contribution is 2.44. The van der Waals surface area contributed by atoms with Gasteiger partial charge in [0, 0.05) is 24.1 Å². The van der Waals surface area contributed by atoms with E-state index in [1.807, 2.05) is 0 Å². The van der Waals surface area contributed by atoms with Crippen LogP contribution in [-0.2, 0) is 15.9 Å². The van der Waals surface area contributed by atoms with Gasteiger partial charge < -0.3 is 79.9 Å². The van der Waals surface area contributed by atoms with Gasteiger partial charge in [0.25, 0.3) is 0 Å². The van der Waals surface area contributed by atoms with Gasteiger partial charge in [-0.3, -0.25) is 0 Å². The molecule has 11 N–H and O–H groups in total. The minimum Gasteiger partial charge on any atom is -0.508 e. The highest BCUT2D eigenvalue weighted by molar-refractivity contribution is 5.52. The zero-order valence-electron chi connectivity index (χ0n) is 22.4. The Morgan fingerprint density at radius 1 is 0.674 bits per heavy atom. The van der Waals surface area contributed by atoms with Gasteiger partial charge in [-0.05, 0) is 17.7 Å². The van der Waals surface area contributed by atoms with Crippen LogP contribution in [0.15, 0.2) is 30.3 Å². The summed E-state index contributed by atoms with van der Waals surface area (Å²) in [5.41, 5.74) is 0.517. The lowest BCUT2D eigenvalue weighted by Gasteiger charge is -2.41. The smallest absolute Gasteiger partial charge is 0.229 e. The standard InChI is InChI=1S/C27H34O16/c28-7-17-19(33)21(35)23(37)26(42-17)40-14-2-1-9(25-13(32)6-11-12(31)4-10(30)5-15(11)39-25)3-16(14)41-27-24(38)22(36)20(34)18(8-29)43-27/h1-5,13,17-38H,6-8H2/t13-,17+,18+,19+,20+,21-,22-,23+,24+,25+,26+,27+/m0/s1. The van der Waals surface area contributed by atoms with Crippen molar-refractivity contribution in [2.75, 3.05) is 13.2 Å². The Labute approximate surface area is 243 Å². The Hall–Kier alpha value is -3.00. The maximum atomic E-state index is 10.9. The van der Waals surface area contributed by atoms with E-state index in [4.69, 9.17) is 23.7 Å². The van der Waals surface area contributed by atoms with Gasteiger partial charge in [-0.1, -0.05) is 6.07 Å². The molecule has 5 rings (SSSR count). The first-order valence-corrected chi connectivity index (χ1v) is 13.4. The average Bonchev–Trinajstić information content (AvgIpc) is 2.98. The molecule has 3 heterocycles. The number of aromatic hydroxyl groups is 2. The minimum absolute atomic E-state index is 0.0574. The Bertz CT molecular complexity index is 1270. The number of phenolic OH excluding ortho intramolecular Hbond substituents is 2. The van der Waals surface area contributed by atoms with Crippen molar-refractivity contribution in [1.29, 1.82) is 0 Å². The predicted octanol–water partition coefficient (Wildman–Crippen LogP) is -3.51. The third kappa shape index (κ3) is 6.04. The van der Waals surface area contributed by atoms with E-state index >= 15 is 0 Å². The fraction of sp³-hybridized carbons (Fsp3) is 0.556. The molecule has 16 nitrogen and oxygen atoms in total. The molecule has 2 saturated heterocycles. The number of aliphatic hydroxyl groups excluding tert-OH is 9. The van der Waals surface area contributed by atoms with Crippen LogP contribution in [-0.4, -0.2) is 137 Å². The minimum atomic E-state index is -1.82. The topological polar surface area (TPSA) is 269 Å². The molecule has 238 valence electrons. The molecule has 2 aromatic carbocycles. The predicted molar refractivity (Wildman–Crippen MR) is 138 cm³/mol. The quantitative estimate of drug-likeness (QED) is 0.144. The monoisotopic (exact) mass is 614 g/mol. The van der Waals surface area contributed by atoms with Crippen molar-refractivity contribution in [3.8, 4) is 28.7 Å². The Kier molecular flexibility index (Phi) is 9.17. The number of rotatable bonds is 7. The van der Waals surface area contributed by atoms with E-state index in [-0.39, 0.29) is 46.3 Å². The van der Waals surface area contributed by atoms with Gasteiger partial charge in [-0.25, -0.2) is 0 Å². The molecule has 2 aromatic rings. The summed E-state index contributed by atoms with van der Waals surface area (Å²) in [6.07, 6.45) is -18.8. The molecular weight excluding hydrogens is 580 g/mol.